The van der Waals surface area contributed by atoms with Crippen LogP contribution in [0.3, 0.4) is 0 Å². The molecule has 0 spiro atoms. The van der Waals surface area contributed by atoms with Crippen molar-refractivity contribution in [3.05, 3.63) is 11.1 Å². The van der Waals surface area contributed by atoms with Gasteiger partial charge in [0.2, 0.25) is 0 Å². The Morgan fingerprint density at radius 1 is 1.38 bits per heavy atom. The maximum absolute atomic E-state index is 5.61. The Morgan fingerprint density at radius 2 is 2.00 bits per heavy atom. The molecular weight excluding hydrogens is 182 g/mol. The smallest absolute Gasteiger partial charge is 0.0178 e. The molecule has 0 aliphatic heterocycles. The van der Waals surface area contributed by atoms with Crippen LogP contribution in [0.5, 0.6) is 0 Å². The SMILES string of the molecule is CC(=CCl)CNC1(C)CCCCC1. The molecule has 1 N–H and O–H groups in total. The molecule has 13 heavy (non-hydrogen) atoms. The number of nitrogens with one attached hydrogen (secondary N) is 1. The minimum absolute atomic E-state index is 0.361. The zero-order valence-electron chi connectivity index (χ0n) is 8.70. The first-order chi connectivity index (χ1) is 6.16. The van der Waals surface area contributed by atoms with Crippen molar-refractivity contribution in [3.8, 4) is 0 Å². The molecule has 0 unspecified atom stereocenters. The highest BCUT2D eigenvalue weighted by Crippen LogP contribution is 2.27. The van der Waals surface area contributed by atoms with E-state index in [1.807, 2.05) is 0 Å². The van der Waals surface area contributed by atoms with Gasteiger partial charge in [-0.05, 0) is 32.3 Å². The lowest BCUT2D eigenvalue weighted by Gasteiger charge is -2.34. The standard InChI is InChI=1S/C11H20ClN/c1-10(8-12)9-13-11(2)6-4-3-5-7-11/h8,13H,3-7,9H2,1-2H3. The van der Waals surface area contributed by atoms with Crippen LogP contribution in [0.1, 0.15) is 46.0 Å². The Hall–Kier alpha value is -0.0100. The fourth-order valence-electron chi connectivity index (χ4n) is 1.90. The van der Waals surface area contributed by atoms with Crippen LogP contribution in [0.2, 0.25) is 0 Å². The molecule has 1 aliphatic rings. The molecule has 1 nitrogen and oxygen atoms in total. The van der Waals surface area contributed by atoms with E-state index in [4.69, 9.17) is 11.6 Å². The van der Waals surface area contributed by atoms with Gasteiger partial charge in [-0.1, -0.05) is 30.9 Å². The van der Waals surface area contributed by atoms with Gasteiger partial charge in [0.1, 0.15) is 0 Å². The Balaban J connectivity index is 2.33. The quantitative estimate of drug-likeness (QED) is 0.738. The largest absolute Gasteiger partial charge is 0.308 e. The van der Waals surface area contributed by atoms with Crippen LogP contribution in [0, 0.1) is 0 Å². The third-order valence-corrected chi connectivity index (χ3v) is 3.31. The summed E-state index contributed by atoms with van der Waals surface area (Å²) in [7, 11) is 0. The average molecular weight is 202 g/mol. The summed E-state index contributed by atoms with van der Waals surface area (Å²) in [6.45, 7) is 5.32. The van der Waals surface area contributed by atoms with Crippen molar-refractivity contribution in [2.75, 3.05) is 6.54 Å². The zero-order chi connectivity index (χ0) is 9.73. The van der Waals surface area contributed by atoms with Gasteiger partial charge in [0.15, 0.2) is 0 Å². The van der Waals surface area contributed by atoms with Crippen molar-refractivity contribution in [1.29, 1.82) is 0 Å². The molecule has 1 aliphatic carbocycles. The van der Waals surface area contributed by atoms with Crippen LogP contribution in [0.4, 0.5) is 0 Å². The van der Waals surface area contributed by atoms with E-state index in [9.17, 15) is 0 Å². The average Bonchev–Trinajstić information content (AvgIpc) is 2.15. The van der Waals surface area contributed by atoms with Crippen LogP contribution in [-0.4, -0.2) is 12.1 Å². The molecule has 1 fully saturated rings. The molecule has 0 saturated heterocycles. The molecule has 1 rings (SSSR count). The lowest BCUT2D eigenvalue weighted by molar-refractivity contribution is 0.261. The predicted molar refractivity (Wildman–Crippen MR) is 59.1 cm³/mol. The Bertz CT molecular complexity index is 181. The van der Waals surface area contributed by atoms with E-state index < -0.39 is 0 Å². The summed E-state index contributed by atoms with van der Waals surface area (Å²) in [6, 6.07) is 0. The highest BCUT2D eigenvalue weighted by molar-refractivity contribution is 6.25. The van der Waals surface area contributed by atoms with Crippen LogP contribution in [-0.2, 0) is 0 Å². The Morgan fingerprint density at radius 3 is 2.54 bits per heavy atom. The van der Waals surface area contributed by atoms with Crippen LogP contribution >= 0.6 is 11.6 Å². The summed E-state index contributed by atoms with van der Waals surface area (Å²) in [6.07, 6.45) is 6.76. The zero-order valence-corrected chi connectivity index (χ0v) is 9.45. The summed E-state index contributed by atoms with van der Waals surface area (Å²) >= 11 is 5.61. The lowest BCUT2D eigenvalue weighted by atomic mass is 9.83. The summed E-state index contributed by atoms with van der Waals surface area (Å²) < 4.78 is 0. The maximum Gasteiger partial charge on any atom is 0.0178 e. The molecule has 0 amide bonds. The van der Waals surface area contributed by atoms with E-state index in [2.05, 4.69) is 19.2 Å². The third kappa shape index (κ3) is 3.70. The minimum Gasteiger partial charge on any atom is -0.308 e. The molecule has 0 aromatic carbocycles. The van der Waals surface area contributed by atoms with Gasteiger partial charge in [0, 0.05) is 17.6 Å². The van der Waals surface area contributed by atoms with E-state index in [1.165, 1.54) is 37.7 Å². The highest BCUT2D eigenvalue weighted by atomic mass is 35.5. The number of rotatable bonds is 3. The van der Waals surface area contributed by atoms with Crippen molar-refractivity contribution < 1.29 is 0 Å². The second-order valence-corrected chi connectivity index (χ2v) is 4.65. The molecule has 2 heteroatoms. The predicted octanol–water partition coefficient (Wildman–Crippen LogP) is 3.44. The topological polar surface area (TPSA) is 12.0 Å². The molecule has 0 aromatic heterocycles. The van der Waals surface area contributed by atoms with E-state index in [1.54, 1.807) is 5.54 Å². The van der Waals surface area contributed by atoms with Gasteiger partial charge < -0.3 is 5.32 Å². The van der Waals surface area contributed by atoms with Crippen LogP contribution in [0.15, 0.2) is 11.1 Å². The van der Waals surface area contributed by atoms with Crippen molar-refractivity contribution in [1.82, 2.24) is 5.32 Å². The number of hydrogen-bond acceptors (Lipinski definition) is 1. The van der Waals surface area contributed by atoms with Gasteiger partial charge in [-0.2, -0.15) is 0 Å². The molecule has 0 atom stereocenters. The Kier molecular flexibility index (Phi) is 4.27. The molecule has 0 radical (unpaired) electrons. The molecule has 0 bridgehead atoms. The van der Waals surface area contributed by atoms with E-state index in [0.717, 1.165) is 6.54 Å². The molecule has 1 saturated carbocycles. The summed E-state index contributed by atoms with van der Waals surface area (Å²) in [4.78, 5) is 0. The number of halogens is 1. The Labute approximate surface area is 86.5 Å². The second-order valence-electron chi connectivity index (χ2n) is 4.43. The molecular formula is C11H20ClN. The van der Waals surface area contributed by atoms with Crippen LogP contribution < -0.4 is 5.32 Å². The van der Waals surface area contributed by atoms with Crippen molar-refractivity contribution >= 4 is 11.6 Å². The molecule has 76 valence electrons. The summed E-state index contributed by atoms with van der Waals surface area (Å²) in [5, 5.41) is 3.60. The summed E-state index contributed by atoms with van der Waals surface area (Å²) in [5.74, 6) is 0. The van der Waals surface area contributed by atoms with Gasteiger partial charge >= 0.3 is 0 Å². The fourth-order valence-corrected chi connectivity index (χ4v) is 1.98. The van der Waals surface area contributed by atoms with E-state index >= 15 is 0 Å². The van der Waals surface area contributed by atoms with E-state index in [0.29, 0.717) is 5.54 Å². The van der Waals surface area contributed by atoms with Crippen molar-refractivity contribution in [3.63, 3.8) is 0 Å². The summed E-state index contributed by atoms with van der Waals surface area (Å²) in [5.41, 5.74) is 3.24. The maximum atomic E-state index is 5.61. The first-order valence-corrected chi connectivity index (χ1v) is 5.61. The lowest BCUT2D eigenvalue weighted by Crippen LogP contribution is -2.44. The monoisotopic (exact) mass is 201 g/mol. The van der Waals surface area contributed by atoms with E-state index in [-0.39, 0.29) is 0 Å². The first kappa shape index (κ1) is 11.1. The highest BCUT2D eigenvalue weighted by Gasteiger charge is 2.25. The fraction of sp³-hybridized carbons (Fsp3) is 0.818. The minimum atomic E-state index is 0.361. The second kappa shape index (κ2) is 5.02. The van der Waals surface area contributed by atoms with Gasteiger partial charge in [-0.3, -0.25) is 0 Å². The van der Waals surface area contributed by atoms with Gasteiger partial charge in [0.25, 0.3) is 0 Å². The number of hydrogen-bond donors (Lipinski definition) is 1. The normalized spacial score (nSPS) is 23.2. The van der Waals surface area contributed by atoms with Crippen molar-refractivity contribution in [2.45, 2.75) is 51.5 Å². The molecule has 0 aromatic rings. The van der Waals surface area contributed by atoms with Gasteiger partial charge in [0.05, 0.1) is 0 Å². The first-order valence-electron chi connectivity index (χ1n) is 5.17. The van der Waals surface area contributed by atoms with Gasteiger partial charge in [-0.25, -0.2) is 0 Å². The van der Waals surface area contributed by atoms with Crippen molar-refractivity contribution in [2.24, 2.45) is 0 Å². The van der Waals surface area contributed by atoms with Crippen LogP contribution in [0.25, 0.3) is 0 Å². The molecule has 0 heterocycles. The van der Waals surface area contributed by atoms with Gasteiger partial charge in [-0.15, -0.1) is 0 Å². The third-order valence-electron chi connectivity index (χ3n) is 2.94.